The Balaban J connectivity index is 1.25. The van der Waals surface area contributed by atoms with Crippen LogP contribution in [0.2, 0.25) is 0 Å². The molecule has 31 heavy (non-hydrogen) atoms. The topological polar surface area (TPSA) is 55.2 Å². The summed E-state index contributed by atoms with van der Waals surface area (Å²) >= 11 is 0. The van der Waals surface area contributed by atoms with E-state index < -0.39 is 0 Å². The van der Waals surface area contributed by atoms with Crippen LogP contribution in [0.5, 0.6) is 11.5 Å². The molecule has 1 aliphatic rings. The first kappa shape index (κ1) is 21.0. The molecule has 1 saturated heterocycles. The largest absolute Gasteiger partial charge is 0.494 e. The molecule has 0 radical (unpaired) electrons. The van der Waals surface area contributed by atoms with Crippen molar-refractivity contribution in [1.29, 1.82) is 0 Å². The van der Waals surface area contributed by atoms with Crippen molar-refractivity contribution >= 4 is 5.91 Å². The Kier molecular flexibility index (Phi) is 6.89. The van der Waals surface area contributed by atoms with Gasteiger partial charge in [0.1, 0.15) is 23.9 Å². The molecule has 1 amide bonds. The highest BCUT2D eigenvalue weighted by Crippen LogP contribution is 2.18. The fraction of sp³-hybridized carbons (Fsp3) is 0.320. The Morgan fingerprint density at radius 2 is 1.58 bits per heavy atom. The minimum atomic E-state index is -0.0633. The summed E-state index contributed by atoms with van der Waals surface area (Å²) in [5, 5.41) is 0. The first-order valence-corrected chi connectivity index (χ1v) is 10.7. The molecule has 0 N–H and O–H groups in total. The van der Waals surface area contributed by atoms with Gasteiger partial charge >= 0.3 is 0 Å². The van der Waals surface area contributed by atoms with Crippen LogP contribution >= 0.6 is 0 Å². The number of para-hydroxylation sites is 1. The second kappa shape index (κ2) is 10.2. The molecule has 0 spiro atoms. The van der Waals surface area contributed by atoms with Gasteiger partial charge in [-0.1, -0.05) is 30.3 Å². The average Bonchev–Trinajstić information content (AvgIpc) is 3.29. The fourth-order valence-corrected chi connectivity index (χ4v) is 3.62. The van der Waals surface area contributed by atoms with Crippen LogP contribution in [0.1, 0.15) is 28.8 Å². The maximum Gasteiger partial charge on any atom is 0.289 e. The summed E-state index contributed by atoms with van der Waals surface area (Å²) < 4.78 is 16.9. The third-order valence-corrected chi connectivity index (χ3v) is 5.30. The zero-order chi connectivity index (χ0) is 21.5. The zero-order valence-electron chi connectivity index (χ0n) is 17.8. The van der Waals surface area contributed by atoms with E-state index >= 15 is 0 Å². The van der Waals surface area contributed by atoms with Crippen LogP contribution in [0.25, 0.3) is 0 Å². The van der Waals surface area contributed by atoms with Crippen molar-refractivity contribution in [2.45, 2.75) is 20.1 Å². The third-order valence-electron chi connectivity index (χ3n) is 5.30. The lowest BCUT2D eigenvalue weighted by Gasteiger charge is -2.34. The van der Waals surface area contributed by atoms with Gasteiger partial charge in [0.15, 0.2) is 5.76 Å². The molecule has 0 aliphatic carbocycles. The van der Waals surface area contributed by atoms with Gasteiger partial charge in [-0.3, -0.25) is 9.69 Å². The van der Waals surface area contributed by atoms with Crippen molar-refractivity contribution in [3.8, 4) is 11.5 Å². The number of furan rings is 1. The molecule has 0 unspecified atom stereocenters. The summed E-state index contributed by atoms with van der Waals surface area (Å²) in [6.45, 7) is 6.87. The second-order valence-electron chi connectivity index (χ2n) is 7.51. The smallest absolute Gasteiger partial charge is 0.289 e. The normalized spacial score (nSPS) is 14.4. The highest BCUT2D eigenvalue weighted by atomic mass is 16.5. The van der Waals surface area contributed by atoms with E-state index in [9.17, 15) is 4.79 Å². The molecule has 0 atom stereocenters. The first-order valence-electron chi connectivity index (χ1n) is 10.7. The molecular formula is C25H28N2O4. The van der Waals surface area contributed by atoms with Crippen molar-refractivity contribution in [3.63, 3.8) is 0 Å². The Hall–Kier alpha value is -3.25. The van der Waals surface area contributed by atoms with Crippen LogP contribution in [-0.2, 0) is 13.2 Å². The number of nitrogens with zero attached hydrogens (tertiary/aromatic N) is 2. The summed E-state index contributed by atoms with van der Waals surface area (Å²) in [7, 11) is 0. The molecule has 1 aliphatic heterocycles. The van der Waals surface area contributed by atoms with Gasteiger partial charge in [0.05, 0.1) is 6.61 Å². The van der Waals surface area contributed by atoms with E-state index in [0.717, 1.165) is 31.1 Å². The van der Waals surface area contributed by atoms with Crippen LogP contribution in [-0.4, -0.2) is 48.5 Å². The van der Waals surface area contributed by atoms with Gasteiger partial charge in [-0.05, 0) is 48.9 Å². The van der Waals surface area contributed by atoms with E-state index in [2.05, 4.69) is 17.0 Å². The summed E-state index contributed by atoms with van der Waals surface area (Å²) in [5.41, 5.74) is 1.25. The maximum atomic E-state index is 12.8. The molecule has 2 heterocycles. The van der Waals surface area contributed by atoms with Gasteiger partial charge in [0, 0.05) is 32.7 Å². The number of piperazine rings is 1. The molecule has 0 saturated carbocycles. The summed E-state index contributed by atoms with van der Waals surface area (Å²) in [6.07, 6.45) is 0. The molecular weight excluding hydrogens is 392 g/mol. The number of rotatable bonds is 8. The highest BCUT2D eigenvalue weighted by molar-refractivity contribution is 5.91. The average molecular weight is 421 g/mol. The minimum Gasteiger partial charge on any atom is -0.494 e. The van der Waals surface area contributed by atoms with Crippen LogP contribution in [0.4, 0.5) is 0 Å². The fourth-order valence-electron chi connectivity index (χ4n) is 3.62. The maximum absolute atomic E-state index is 12.8. The number of hydrogen-bond acceptors (Lipinski definition) is 5. The zero-order valence-corrected chi connectivity index (χ0v) is 17.8. The molecule has 4 rings (SSSR count). The quantitative estimate of drug-likeness (QED) is 0.546. The van der Waals surface area contributed by atoms with Crippen molar-refractivity contribution in [2.24, 2.45) is 0 Å². The Labute approximate surface area is 183 Å². The molecule has 1 aromatic heterocycles. The third kappa shape index (κ3) is 5.67. The van der Waals surface area contributed by atoms with Crippen molar-refractivity contribution in [3.05, 3.63) is 83.8 Å². The number of carbonyl (C=O) groups excluding carboxylic acids is 1. The number of hydrogen-bond donors (Lipinski definition) is 0. The van der Waals surface area contributed by atoms with Gasteiger partial charge in [0.25, 0.3) is 5.91 Å². The van der Waals surface area contributed by atoms with E-state index in [4.69, 9.17) is 13.9 Å². The summed E-state index contributed by atoms with van der Waals surface area (Å²) in [6, 6.07) is 21.3. The Morgan fingerprint density at radius 1 is 0.871 bits per heavy atom. The van der Waals surface area contributed by atoms with Gasteiger partial charge in [0.2, 0.25) is 0 Å². The van der Waals surface area contributed by atoms with Crippen molar-refractivity contribution < 1.29 is 18.7 Å². The predicted octanol–water partition coefficient (Wildman–Crippen LogP) is 4.22. The standard InChI is InChI=1S/C25H28N2O4/c1-2-29-22-10-8-20(9-11-22)18-26-14-16-27(17-15-26)25(28)24-13-12-23(31-24)19-30-21-6-4-3-5-7-21/h3-13H,2,14-19H2,1H3. The van der Waals surface area contributed by atoms with Crippen LogP contribution in [0.15, 0.2) is 71.1 Å². The number of carbonyl (C=O) groups is 1. The number of benzene rings is 2. The van der Waals surface area contributed by atoms with Crippen LogP contribution < -0.4 is 9.47 Å². The van der Waals surface area contributed by atoms with Gasteiger partial charge in [-0.15, -0.1) is 0 Å². The van der Waals surface area contributed by atoms with E-state index in [0.29, 0.717) is 37.8 Å². The molecule has 162 valence electrons. The molecule has 2 aromatic carbocycles. The lowest BCUT2D eigenvalue weighted by atomic mass is 10.2. The molecule has 3 aromatic rings. The number of ether oxygens (including phenoxy) is 2. The lowest BCUT2D eigenvalue weighted by molar-refractivity contribution is 0.0594. The van der Waals surface area contributed by atoms with Gasteiger partial charge in [-0.2, -0.15) is 0 Å². The van der Waals surface area contributed by atoms with Crippen LogP contribution in [0, 0.1) is 0 Å². The van der Waals surface area contributed by atoms with Crippen LogP contribution in [0.3, 0.4) is 0 Å². The second-order valence-corrected chi connectivity index (χ2v) is 7.51. The highest BCUT2D eigenvalue weighted by Gasteiger charge is 2.24. The monoisotopic (exact) mass is 420 g/mol. The van der Waals surface area contributed by atoms with Gasteiger partial charge < -0.3 is 18.8 Å². The molecule has 0 bridgehead atoms. The SMILES string of the molecule is CCOc1ccc(CN2CCN(C(=O)c3ccc(COc4ccccc4)o3)CC2)cc1. The Morgan fingerprint density at radius 3 is 2.29 bits per heavy atom. The van der Waals surface area contributed by atoms with Crippen molar-refractivity contribution in [1.82, 2.24) is 9.80 Å². The molecule has 1 fully saturated rings. The molecule has 6 nitrogen and oxygen atoms in total. The summed E-state index contributed by atoms with van der Waals surface area (Å²) in [4.78, 5) is 17.0. The van der Waals surface area contributed by atoms with E-state index in [1.54, 1.807) is 12.1 Å². The predicted molar refractivity (Wildman–Crippen MR) is 118 cm³/mol. The van der Waals surface area contributed by atoms with Crippen molar-refractivity contribution in [2.75, 3.05) is 32.8 Å². The van der Waals surface area contributed by atoms with E-state index in [1.165, 1.54) is 5.56 Å². The molecule has 6 heteroatoms. The van der Waals surface area contributed by atoms with E-state index in [-0.39, 0.29) is 5.91 Å². The summed E-state index contributed by atoms with van der Waals surface area (Å²) in [5.74, 6) is 2.61. The lowest BCUT2D eigenvalue weighted by Crippen LogP contribution is -2.48. The first-order chi connectivity index (χ1) is 15.2. The van der Waals surface area contributed by atoms with Gasteiger partial charge in [-0.25, -0.2) is 0 Å². The van der Waals surface area contributed by atoms with E-state index in [1.807, 2.05) is 54.3 Å². The minimum absolute atomic E-state index is 0.0633. The Bertz CT molecular complexity index is 961. The number of amides is 1.